The van der Waals surface area contributed by atoms with Gasteiger partial charge in [-0.3, -0.25) is 14.9 Å². The summed E-state index contributed by atoms with van der Waals surface area (Å²) in [4.78, 5) is 31.8. The highest BCUT2D eigenvalue weighted by Crippen LogP contribution is 2.38. The van der Waals surface area contributed by atoms with Crippen LogP contribution in [0.5, 0.6) is 5.75 Å². The van der Waals surface area contributed by atoms with E-state index in [1.807, 2.05) is 32.0 Å². The first-order valence-electron chi connectivity index (χ1n) is 9.08. The highest BCUT2D eigenvalue weighted by molar-refractivity contribution is 7.16. The Labute approximate surface area is 177 Å². The smallest absolute Gasteiger partial charge is 0.265 e. The van der Waals surface area contributed by atoms with Crippen LogP contribution in [-0.2, 0) is 4.79 Å². The maximum absolute atomic E-state index is 12.5. The number of halogens is 1. The molecule has 0 saturated carbocycles. The number of ether oxygens (including phenoxy) is 1. The van der Waals surface area contributed by atoms with E-state index in [-0.39, 0.29) is 18.4 Å². The van der Waals surface area contributed by atoms with Gasteiger partial charge in [0.15, 0.2) is 11.7 Å². The molecular weight excluding hydrogens is 410 g/mol. The van der Waals surface area contributed by atoms with Gasteiger partial charge >= 0.3 is 0 Å². The average molecular weight is 428 g/mol. The van der Waals surface area contributed by atoms with Crippen LogP contribution in [-0.4, -0.2) is 29.9 Å². The number of fused-ring (bicyclic) bond motifs is 1. The number of thiazole rings is 1. The number of hydrogen-bond acceptors (Lipinski definition) is 5. The Hall–Kier alpha value is -2.90. The first-order valence-corrected chi connectivity index (χ1v) is 10.3. The van der Waals surface area contributed by atoms with Gasteiger partial charge in [0.05, 0.1) is 11.4 Å². The van der Waals surface area contributed by atoms with Crippen molar-refractivity contribution >= 4 is 45.6 Å². The van der Waals surface area contributed by atoms with Crippen molar-refractivity contribution in [1.82, 2.24) is 4.98 Å². The fourth-order valence-electron chi connectivity index (χ4n) is 3.21. The van der Waals surface area contributed by atoms with Crippen molar-refractivity contribution in [2.45, 2.75) is 13.8 Å². The number of likely N-dealkylation sites (N-methyl/N-ethyl adjacent to an activating group) is 1. The second-order valence-corrected chi connectivity index (χ2v) is 8.14. The fraction of sp³-hybridized carbons (Fsp3) is 0.190. The number of anilines is 2. The first kappa shape index (κ1) is 19.4. The second kappa shape index (κ2) is 7.85. The van der Waals surface area contributed by atoms with Crippen molar-refractivity contribution in [2.24, 2.45) is 0 Å². The van der Waals surface area contributed by atoms with Gasteiger partial charge in [0.1, 0.15) is 5.75 Å². The van der Waals surface area contributed by atoms with Crippen molar-refractivity contribution in [2.75, 3.05) is 23.4 Å². The first-order chi connectivity index (χ1) is 14.0. The van der Waals surface area contributed by atoms with Crippen LogP contribution in [0.2, 0.25) is 5.02 Å². The summed E-state index contributed by atoms with van der Waals surface area (Å²) in [5.74, 6) is 0.341. The average Bonchev–Trinajstić information content (AvgIpc) is 3.07. The summed E-state index contributed by atoms with van der Waals surface area (Å²) in [5, 5.41) is 3.83. The molecule has 2 amide bonds. The van der Waals surface area contributed by atoms with Gasteiger partial charge in [-0.1, -0.05) is 17.7 Å². The zero-order chi connectivity index (χ0) is 20.5. The SMILES string of the molecule is CCN1C(=O)COc2ccc(-c3nc(NC(=O)c4cccc(Cl)c4)sc3C)cc21. The molecule has 6 nitrogen and oxygen atoms in total. The lowest BCUT2D eigenvalue weighted by atomic mass is 10.1. The molecule has 1 aliphatic heterocycles. The van der Waals surface area contributed by atoms with Gasteiger partial charge in [0.2, 0.25) is 0 Å². The summed E-state index contributed by atoms with van der Waals surface area (Å²) in [5.41, 5.74) is 2.82. The molecule has 2 aromatic carbocycles. The normalized spacial score (nSPS) is 13.1. The zero-order valence-electron chi connectivity index (χ0n) is 15.9. The Balaban J connectivity index is 1.62. The lowest BCUT2D eigenvalue weighted by molar-refractivity contribution is -0.121. The number of rotatable bonds is 4. The summed E-state index contributed by atoms with van der Waals surface area (Å²) < 4.78 is 5.53. The number of aromatic nitrogens is 1. The third-order valence-electron chi connectivity index (χ3n) is 4.60. The number of carbonyl (C=O) groups is 2. The molecule has 2 heterocycles. The molecule has 0 atom stereocenters. The van der Waals surface area contributed by atoms with Crippen LogP contribution in [0.25, 0.3) is 11.3 Å². The lowest BCUT2D eigenvalue weighted by Crippen LogP contribution is -2.38. The maximum atomic E-state index is 12.5. The van der Waals surface area contributed by atoms with E-state index < -0.39 is 0 Å². The minimum absolute atomic E-state index is 0.0512. The Morgan fingerprint density at radius 2 is 2.14 bits per heavy atom. The summed E-state index contributed by atoms with van der Waals surface area (Å²) in [6, 6.07) is 12.4. The predicted octanol–water partition coefficient (Wildman–Crippen LogP) is 4.77. The van der Waals surface area contributed by atoms with Crippen LogP contribution < -0.4 is 15.0 Å². The molecular formula is C21H18ClN3O3S. The number of hydrogen-bond donors (Lipinski definition) is 1. The van der Waals surface area contributed by atoms with E-state index >= 15 is 0 Å². The molecule has 1 aliphatic rings. The van der Waals surface area contributed by atoms with Crippen molar-refractivity contribution in [3.05, 3.63) is 57.9 Å². The van der Waals surface area contributed by atoms with Crippen molar-refractivity contribution in [3.63, 3.8) is 0 Å². The standard InChI is InChI=1S/C21H18ClN3O3S/c1-3-25-16-10-13(7-8-17(16)28-11-18(25)26)19-12(2)29-21(23-19)24-20(27)14-5-4-6-15(22)9-14/h4-10H,3,11H2,1-2H3,(H,23,24,27). The topological polar surface area (TPSA) is 71.5 Å². The molecule has 4 rings (SSSR count). The zero-order valence-corrected chi connectivity index (χ0v) is 17.4. The summed E-state index contributed by atoms with van der Waals surface area (Å²) in [6.07, 6.45) is 0. The van der Waals surface area contributed by atoms with E-state index in [1.165, 1.54) is 11.3 Å². The van der Waals surface area contributed by atoms with Crippen LogP contribution >= 0.6 is 22.9 Å². The molecule has 0 radical (unpaired) electrons. The van der Waals surface area contributed by atoms with Gasteiger partial charge in [-0.2, -0.15) is 0 Å². The summed E-state index contributed by atoms with van der Waals surface area (Å²) >= 11 is 7.36. The Bertz CT molecular complexity index is 1110. The quantitative estimate of drug-likeness (QED) is 0.651. The molecule has 0 fully saturated rings. The maximum Gasteiger partial charge on any atom is 0.265 e. The van der Waals surface area contributed by atoms with Gasteiger partial charge in [-0.05, 0) is 50.2 Å². The number of nitrogens with zero attached hydrogens (tertiary/aromatic N) is 2. The fourth-order valence-corrected chi connectivity index (χ4v) is 4.23. The van der Waals surface area contributed by atoms with Gasteiger partial charge in [-0.25, -0.2) is 4.98 Å². The third-order valence-corrected chi connectivity index (χ3v) is 5.72. The number of aryl methyl sites for hydroxylation is 1. The number of benzene rings is 2. The number of nitrogens with one attached hydrogen (secondary N) is 1. The monoisotopic (exact) mass is 427 g/mol. The Kier molecular flexibility index (Phi) is 5.25. The highest BCUT2D eigenvalue weighted by atomic mass is 35.5. The van der Waals surface area contributed by atoms with E-state index in [0.717, 1.165) is 21.8 Å². The van der Waals surface area contributed by atoms with Crippen molar-refractivity contribution in [3.8, 4) is 17.0 Å². The van der Waals surface area contributed by atoms with E-state index in [4.69, 9.17) is 16.3 Å². The van der Waals surface area contributed by atoms with Crippen LogP contribution in [0.3, 0.4) is 0 Å². The number of amides is 2. The molecule has 0 aliphatic carbocycles. The Morgan fingerprint density at radius 1 is 1.31 bits per heavy atom. The summed E-state index contributed by atoms with van der Waals surface area (Å²) in [7, 11) is 0. The van der Waals surface area contributed by atoms with E-state index in [2.05, 4.69) is 10.3 Å². The van der Waals surface area contributed by atoms with Crippen LogP contribution in [0.1, 0.15) is 22.2 Å². The van der Waals surface area contributed by atoms with Gasteiger partial charge in [-0.15, -0.1) is 11.3 Å². The predicted molar refractivity (Wildman–Crippen MR) is 115 cm³/mol. The summed E-state index contributed by atoms with van der Waals surface area (Å²) in [6.45, 7) is 4.49. The molecule has 3 aromatic rings. The molecule has 0 spiro atoms. The van der Waals surface area contributed by atoms with E-state index in [1.54, 1.807) is 29.2 Å². The van der Waals surface area contributed by atoms with Crippen molar-refractivity contribution < 1.29 is 14.3 Å². The second-order valence-electron chi connectivity index (χ2n) is 6.50. The number of carbonyl (C=O) groups excluding carboxylic acids is 2. The molecule has 8 heteroatoms. The van der Waals surface area contributed by atoms with Crippen molar-refractivity contribution in [1.29, 1.82) is 0 Å². The van der Waals surface area contributed by atoms with Gasteiger partial charge in [0, 0.05) is 27.6 Å². The van der Waals surface area contributed by atoms with E-state index in [0.29, 0.717) is 28.0 Å². The molecule has 1 aromatic heterocycles. The molecule has 29 heavy (non-hydrogen) atoms. The molecule has 1 N–H and O–H groups in total. The highest BCUT2D eigenvalue weighted by Gasteiger charge is 2.25. The van der Waals surface area contributed by atoms with Crippen LogP contribution in [0.4, 0.5) is 10.8 Å². The largest absolute Gasteiger partial charge is 0.482 e. The minimum atomic E-state index is -0.269. The van der Waals surface area contributed by atoms with E-state index in [9.17, 15) is 9.59 Å². The van der Waals surface area contributed by atoms with Crippen LogP contribution in [0, 0.1) is 6.92 Å². The van der Waals surface area contributed by atoms with Gasteiger partial charge in [0.25, 0.3) is 11.8 Å². The van der Waals surface area contributed by atoms with Gasteiger partial charge < -0.3 is 9.64 Å². The Morgan fingerprint density at radius 3 is 2.90 bits per heavy atom. The molecule has 0 bridgehead atoms. The molecule has 148 valence electrons. The molecule has 0 unspecified atom stereocenters. The van der Waals surface area contributed by atoms with Crippen LogP contribution in [0.15, 0.2) is 42.5 Å². The molecule has 0 saturated heterocycles. The third kappa shape index (κ3) is 3.83. The lowest BCUT2D eigenvalue weighted by Gasteiger charge is -2.28. The minimum Gasteiger partial charge on any atom is -0.482 e.